The molecule has 52 heavy (non-hydrogen) atoms. The second-order valence-corrected chi connectivity index (χ2v) is 19.5. The molecular weight excluding hydrogens is 695 g/mol. The summed E-state index contributed by atoms with van der Waals surface area (Å²) in [6.07, 6.45) is -1.46. The summed E-state index contributed by atoms with van der Waals surface area (Å²) < 4.78 is 52.9. The van der Waals surface area contributed by atoms with Crippen LogP contribution in [0.4, 0.5) is 13.6 Å². The summed E-state index contributed by atoms with van der Waals surface area (Å²) in [6, 6.07) is 4.32. The highest BCUT2D eigenvalue weighted by Crippen LogP contribution is 2.65. The lowest BCUT2D eigenvalue weighted by atomic mass is 9.85. The van der Waals surface area contributed by atoms with Gasteiger partial charge >= 0.3 is 6.03 Å². The molecule has 0 radical (unpaired) electrons. The van der Waals surface area contributed by atoms with E-state index in [1.807, 2.05) is 65.0 Å². The normalized spacial score (nSPS) is 22.2. The van der Waals surface area contributed by atoms with Crippen LogP contribution < -0.4 is 21.3 Å². The van der Waals surface area contributed by atoms with E-state index in [0.29, 0.717) is 12.8 Å². The quantitative estimate of drug-likeness (QED) is 0.214. The van der Waals surface area contributed by atoms with Gasteiger partial charge in [0.05, 0.1) is 6.26 Å². The van der Waals surface area contributed by atoms with Gasteiger partial charge in [-0.05, 0) is 53.4 Å². The molecule has 0 bridgehead atoms. The third kappa shape index (κ3) is 11.1. The molecule has 294 valence electrons. The molecule has 0 aromatic heterocycles. The smallest absolute Gasteiger partial charge is 0.315 e. The molecule has 5 amide bonds. The van der Waals surface area contributed by atoms with Crippen molar-refractivity contribution in [1.29, 1.82) is 0 Å². The second kappa shape index (κ2) is 16.4. The fourth-order valence-electron chi connectivity index (χ4n) is 7.00. The molecular formula is C37H60F2N6O6S. The van der Waals surface area contributed by atoms with Gasteiger partial charge in [0.25, 0.3) is 0 Å². The number of hydrogen-bond acceptors (Lipinski definition) is 6. The Morgan fingerprint density at radius 3 is 2.08 bits per heavy atom. The number of nitrogens with one attached hydrogen (secondary N) is 4. The van der Waals surface area contributed by atoms with Crippen LogP contribution in [0.1, 0.15) is 80.7 Å². The van der Waals surface area contributed by atoms with Crippen molar-refractivity contribution < 1.29 is 36.4 Å². The molecule has 2 fully saturated rings. The molecule has 1 aliphatic heterocycles. The highest BCUT2D eigenvalue weighted by Gasteiger charge is 2.70. The largest absolute Gasteiger partial charge is 0.352 e. The number of carbonyl (C=O) groups is 4. The Hall–Kier alpha value is -3.33. The van der Waals surface area contributed by atoms with Crippen LogP contribution in [0.15, 0.2) is 30.3 Å². The van der Waals surface area contributed by atoms with Gasteiger partial charge in [0.2, 0.25) is 34.2 Å². The summed E-state index contributed by atoms with van der Waals surface area (Å²) in [7, 11) is -2.11. The first-order valence-corrected chi connectivity index (χ1v) is 19.8. The van der Waals surface area contributed by atoms with Crippen molar-refractivity contribution in [3.05, 3.63) is 35.9 Å². The number of sulfonamides is 1. The van der Waals surface area contributed by atoms with Crippen LogP contribution in [0.5, 0.6) is 0 Å². The Morgan fingerprint density at radius 1 is 0.962 bits per heavy atom. The fourth-order valence-corrected chi connectivity index (χ4v) is 7.42. The van der Waals surface area contributed by atoms with E-state index in [4.69, 9.17) is 0 Å². The van der Waals surface area contributed by atoms with E-state index >= 15 is 0 Å². The number of aryl methyl sites for hydroxylation is 1. The maximum Gasteiger partial charge on any atom is 0.315 e. The molecule has 4 N–H and O–H groups in total. The highest BCUT2D eigenvalue weighted by atomic mass is 32.2. The van der Waals surface area contributed by atoms with Gasteiger partial charge < -0.3 is 26.2 Å². The van der Waals surface area contributed by atoms with Crippen LogP contribution in [-0.4, -0.2) is 104 Å². The van der Waals surface area contributed by atoms with Crippen LogP contribution in [0, 0.1) is 28.1 Å². The van der Waals surface area contributed by atoms with Crippen LogP contribution in [0.25, 0.3) is 0 Å². The number of halogens is 2. The number of likely N-dealkylation sites (N-methyl/N-ethyl adjacent to an activating group) is 1. The van der Waals surface area contributed by atoms with E-state index in [1.165, 1.54) is 11.9 Å². The minimum atomic E-state index is -3.53. The van der Waals surface area contributed by atoms with E-state index in [-0.39, 0.29) is 36.4 Å². The van der Waals surface area contributed by atoms with E-state index < -0.39 is 81.6 Å². The third-order valence-corrected chi connectivity index (χ3v) is 11.9. The summed E-state index contributed by atoms with van der Waals surface area (Å²) in [5, 5.41) is 11.0. The predicted octanol–water partition coefficient (Wildman–Crippen LogP) is 3.77. The van der Waals surface area contributed by atoms with Crippen molar-refractivity contribution >= 4 is 33.8 Å². The maximum atomic E-state index is 14.4. The first-order valence-electron chi connectivity index (χ1n) is 18.0. The van der Waals surface area contributed by atoms with E-state index in [0.717, 1.165) is 16.1 Å². The number of amides is 5. The summed E-state index contributed by atoms with van der Waals surface area (Å²) in [4.78, 5) is 56.6. The van der Waals surface area contributed by atoms with Gasteiger partial charge in [-0.15, -0.1) is 0 Å². The number of rotatable bonds is 15. The first-order chi connectivity index (χ1) is 23.7. The fraction of sp³-hybridized carbons (Fsp3) is 0.730. The third-order valence-electron chi connectivity index (χ3n) is 10.6. The number of fused-ring (bicyclic) bond motifs is 1. The van der Waals surface area contributed by atoms with Crippen molar-refractivity contribution in [3.8, 4) is 0 Å². The number of benzene rings is 1. The number of hydrogen-bond donors (Lipinski definition) is 4. The molecule has 12 nitrogen and oxygen atoms in total. The molecule has 7 atom stereocenters. The zero-order valence-electron chi connectivity index (χ0n) is 32.5. The monoisotopic (exact) mass is 754 g/mol. The minimum Gasteiger partial charge on any atom is -0.352 e. The minimum absolute atomic E-state index is 0.00410. The lowest BCUT2D eigenvalue weighted by Crippen LogP contribution is -2.63. The molecule has 1 saturated carbocycles. The summed E-state index contributed by atoms with van der Waals surface area (Å²) in [5.74, 6) is -2.26. The van der Waals surface area contributed by atoms with E-state index in [1.54, 1.807) is 27.7 Å². The van der Waals surface area contributed by atoms with Gasteiger partial charge in [-0.3, -0.25) is 14.4 Å². The second-order valence-electron chi connectivity index (χ2n) is 17.4. The molecule has 15 heteroatoms. The Labute approximate surface area is 308 Å². The number of piperidine rings is 1. The molecule has 2 aliphatic rings. The molecule has 3 rings (SSSR count). The Kier molecular flexibility index (Phi) is 13.6. The van der Waals surface area contributed by atoms with Crippen molar-refractivity contribution in [3.63, 3.8) is 0 Å². The first kappa shape index (κ1) is 43.1. The molecule has 1 aromatic rings. The van der Waals surface area contributed by atoms with Crippen LogP contribution >= 0.6 is 0 Å². The van der Waals surface area contributed by atoms with Gasteiger partial charge in [0.1, 0.15) is 18.1 Å². The number of nitrogens with zero attached hydrogens (tertiary/aromatic N) is 2. The van der Waals surface area contributed by atoms with Crippen molar-refractivity contribution in [2.75, 3.05) is 26.4 Å². The SMILES string of the molecule is CC(CCc1ccccc1)NC(=O)[C@H](CC(F)F)NC(=O)[C@@H]1[C@@H]2[C@H](CN1C(=O)[C@@H](NC(=O)N[C@H](CN(C)S(C)(=O)=O)C(C)(C)C)C(C)(C)C)C2(C)C. The lowest BCUT2D eigenvalue weighted by molar-refractivity contribution is -0.144. The van der Waals surface area contributed by atoms with Gasteiger partial charge in [-0.25, -0.2) is 26.3 Å². The van der Waals surface area contributed by atoms with E-state index in [2.05, 4.69) is 21.3 Å². The average Bonchev–Trinajstić information content (AvgIpc) is 3.31. The summed E-state index contributed by atoms with van der Waals surface area (Å²) in [5.41, 5.74) is -0.614. The number of urea groups is 1. The average molecular weight is 755 g/mol. The lowest BCUT2D eigenvalue weighted by Gasteiger charge is -2.39. The van der Waals surface area contributed by atoms with Gasteiger partial charge in [-0.2, -0.15) is 0 Å². The molecule has 1 aliphatic carbocycles. The van der Waals surface area contributed by atoms with Crippen molar-refractivity contribution in [2.45, 2.75) is 118 Å². The maximum absolute atomic E-state index is 14.4. The topological polar surface area (TPSA) is 157 Å². The van der Waals surface area contributed by atoms with Crippen LogP contribution in [0.2, 0.25) is 0 Å². The Bertz CT molecular complexity index is 1550. The molecule has 1 unspecified atom stereocenters. The number of carbonyl (C=O) groups excluding carboxylic acids is 4. The van der Waals surface area contributed by atoms with Crippen molar-refractivity contribution in [2.24, 2.45) is 28.1 Å². The Balaban J connectivity index is 1.79. The van der Waals surface area contributed by atoms with Crippen LogP contribution in [0.3, 0.4) is 0 Å². The van der Waals surface area contributed by atoms with Crippen LogP contribution in [-0.2, 0) is 30.8 Å². The van der Waals surface area contributed by atoms with Gasteiger partial charge in [0.15, 0.2) is 0 Å². The van der Waals surface area contributed by atoms with Crippen molar-refractivity contribution in [1.82, 2.24) is 30.5 Å². The zero-order valence-corrected chi connectivity index (χ0v) is 33.4. The highest BCUT2D eigenvalue weighted by molar-refractivity contribution is 7.88. The number of likely N-dealkylation sites (tertiary alicyclic amines) is 1. The molecule has 1 aromatic carbocycles. The van der Waals surface area contributed by atoms with E-state index in [9.17, 15) is 36.4 Å². The zero-order chi connectivity index (χ0) is 39.6. The summed E-state index contributed by atoms with van der Waals surface area (Å²) >= 11 is 0. The predicted molar refractivity (Wildman–Crippen MR) is 197 cm³/mol. The summed E-state index contributed by atoms with van der Waals surface area (Å²) in [6.45, 7) is 16.8. The number of alkyl halides is 2. The molecule has 0 spiro atoms. The van der Waals surface area contributed by atoms with Gasteiger partial charge in [0, 0.05) is 38.6 Å². The molecule has 1 saturated heterocycles. The standard InChI is InChI=1S/C37H60F2N6O6S/c1-22(17-18-23-15-13-12-14-16-23)40-31(46)25(19-27(38)39)41-32(47)29-28-24(37(28,8)9)20-45(29)33(48)30(36(5,6)7)43-34(49)42-26(35(2,3)4)21-44(10)52(11,50)51/h12-16,22,24-30H,17-21H2,1-11H3,(H,40,46)(H,41,47)(H2,42,43,49)/t22?,24-,25-,26+,28-,29-,30+/m0/s1. The van der Waals surface area contributed by atoms with Gasteiger partial charge in [-0.1, -0.05) is 85.7 Å². The molecule has 1 heterocycles. The Morgan fingerprint density at radius 2 is 1.56 bits per heavy atom.